The van der Waals surface area contributed by atoms with Crippen molar-refractivity contribution in [2.24, 2.45) is 0 Å². The van der Waals surface area contributed by atoms with Crippen LogP contribution in [0.25, 0.3) is 0 Å². The third-order valence-electron chi connectivity index (χ3n) is 4.34. The van der Waals surface area contributed by atoms with Crippen molar-refractivity contribution in [3.8, 4) is 11.5 Å². The van der Waals surface area contributed by atoms with Crippen LogP contribution in [-0.4, -0.2) is 19.1 Å². The van der Waals surface area contributed by atoms with Gasteiger partial charge in [0.25, 0.3) is 0 Å². The number of aryl methyl sites for hydroxylation is 1. The Morgan fingerprint density at radius 2 is 1.89 bits per heavy atom. The number of halogens is 2. The smallest absolute Gasteiger partial charge is 0.201 e. The van der Waals surface area contributed by atoms with Gasteiger partial charge in [0.05, 0.1) is 32.0 Å². The predicted molar refractivity (Wildman–Crippen MR) is 108 cm³/mol. The highest BCUT2D eigenvalue weighted by molar-refractivity contribution is 6.30. The summed E-state index contributed by atoms with van der Waals surface area (Å²) >= 11 is 5.92. The minimum atomic E-state index is -0.454. The Bertz CT molecular complexity index is 968. The van der Waals surface area contributed by atoms with E-state index in [0.717, 1.165) is 11.1 Å². The molecule has 0 atom stereocenters. The molecule has 3 rings (SSSR count). The van der Waals surface area contributed by atoms with Crippen molar-refractivity contribution >= 4 is 11.6 Å². The van der Waals surface area contributed by atoms with E-state index in [1.54, 1.807) is 38.6 Å². The van der Waals surface area contributed by atoms with E-state index < -0.39 is 5.82 Å². The van der Waals surface area contributed by atoms with Crippen molar-refractivity contribution < 1.29 is 18.6 Å². The van der Waals surface area contributed by atoms with E-state index in [9.17, 15) is 4.39 Å². The molecular weight excluding hydrogens is 381 g/mol. The van der Waals surface area contributed by atoms with Crippen LogP contribution in [0.3, 0.4) is 0 Å². The molecule has 0 aromatic heterocycles. The fourth-order valence-corrected chi connectivity index (χ4v) is 2.95. The number of allylic oxidation sites excluding steroid dienone is 1. The molecule has 2 aromatic rings. The molecule has 146 valence electrons. The molecule has 2 aromatic carbocycles. The highest BCUT2D eigenvalue weighted by Gasteiger charge is 2.20. The lowest BCUT2D eigenvalue weighted by Gasteiger charge is -2.29. The van der Waals surface area contributed by atoms with Crippen LogP contribution in [0.5, 0.6) is 11.5 Å². The van der Waals surface area contributed by atoms with Crippen molar-refractivity contribution in [2.75, 3.05) is 14.2 Å². The lowest BCUT2D eigenvalue weighted by molar-refractivity contribution is 0.232. The van der Waals surface area contributed by atoms with Gasteiger partial charge in [-0.25, -0.2) is 4.39 Å². The van der Waals surface area contributed by atoms with Crippen molar-refractivity contribution in [3.05, 3.63) is 94.4 Å². The van der Waals surface area contributed by atoms with Crippen LogP contribution in [0, 0.1) is 12.7 Å². The van der Waals surface area contributed by atoms with Gasteiger partial charge in [0, 0.05) is 17.7 Å². The van der Waals surface area contributed by atoms with Gasteiger partial charge in [-0.2, -0.15) is 0 Å². The van der Waals surface area contributed by atoms with E-state index in [1.165, 1.54) is 6.07 Å². The second-order valence-electron chi connectivity index (χ2n) is 6.32. The van der Waals surface area contributed by atoms with Crippen molar-refractivity contribution in [3.63, 3.8) is 0 Å². The van der Waals surface area contributed by atoms with Gasteiger partial charge in [0.1, 0.15) is 23.1 Å². The molecule has 0 saturated heterocycles. The molecule has 1 aliphatic heterocycles. The molecule has 0 N–H and O–H groups in total. The molecule has 28 heavy (non-hydrogen) atoms. The summed E-state index contributed by atoms with van der Waals surface area (Å²) in [4.78, 5) is 1.86. The minimum Gasteiger partial charge on any atom is -0.497 e. The number of nitrogens with zero attached hydrogens (tertiary/aromatic N) is 1. The lowest BCUT2D eigenvalue weighted by atomic mass is 10.1. The molecule has 4 nitrogen and oxygen atoms in total. The highest BCUT2D eigenvalue weighted by Crippen LogP contribution is 2.31. The zero-order chi connectivity index (χ0) is 20.3. The van der Waals surface area contributed by atoms with Crippen LogP contribution >= 0.6 is 11.6 Å². The summed E-state index contributed by atoms with van der Waals surface area (Å²) in [5.74, 6) is 2.07. The zero-order valence-corrected chi connectivity index (χ0v) is 16.7. The molecule has 0 spiro atoms. The van der Waals surface area contributed by atoms with E-state index in [0.29, 0.717) is 35.3 Å². The Balaban J connectivity index is 1.92. The summed E-state index contributed by atoms with van der Waals surface area (Å²) < 4.78 is 30.3. The minimum absolute atomic E-state index is 0.0740. The van der Waals surface area contributed by atoms with Gasteiger partial charge in [-0.3, -0.25) is 0 Å². The number of methoxy groups -OCH3 is 2. The van der Waals surface area contributed by atoms with Gasteiger partial charge in [-0.15, -0.1) is 0 Å². The molecule has 0 aliphatic carbocycles. The molecule has 0 radical (unpaired) electrons. The van der Waals surface area contributed by atoms with Gasteiger partial charge < -0.3 is 19.1 Å². The van der Waals surface area contributed by atoms with E-state index in [4.69, 9.17) is 25.8 Å². The lowest BCUT2D eigenvalue weighted by Crippen LogP contribution is -2.24. The molecule has 0 saturated carbocycles. The summed E-state index contributed by atoms with van der Waals surface area (Å²) in [6, 6.07) is 10.2. The van der Waals surface area contributed by atoms with Gasteiger partial charge in [0.2, 0.25) is 5.88 Å². The molecule has 0 amide bonds. The summed E-state index contributed by atoms with van der Waals surface area (Å²) in [5, 5.41) is 0.0740. The molecule has 6 heteroatoms. The van der Waals surface area contributed by atoms with Crippen LogP contribution in [0.2, 0.25) is 5.02 Å². The van der Waals surface area contributed by atoms with Crippen LogP contribution < -0.4 is 9.47 Å². The summed E-state index contributed by atoms with van der Waals surface area (Å²) in [6.07, 6.45) is 3.59. The second-order valence-corrected chi connectivity index (χ2v) is 6.72. The van der Waals surface area contributed by atoms with Gasteiger partial charge in [0.15, 0.2) is 0 Å². The van der Waals surface area contributed by atoms with E-state index in [-0.39, 0.29) is 5.02 Å². The molecule has 1 heterocycles. The molecular formula is C22H21ClFNO3. The summed E-state index contributed by atoms with van der Waals surface area (Å²) in [5.41, 5.74) is 2.47. The quantitative estimate of drug-likeness (QED) is 0.632. The van der Waals surface area contributed by atoms with Crippen LogP contribution in [0.1, 0.15) is 11.1 Å². The predicted octanol–water partition coefficient (Wildman–Crippen LogP) is 5.58. The first kappa shape index (κ1) is 19.8. The first-order valence-electron chi connectivity index (χ1n) is 8.61. The fraction of sp³-hybridized carbons (Fsp3) is 0.182. The monoisotopic (exact) mass is 401 g/mol. The summed E-state index contributed by atoms with van der Waals surface area (Å²) in [6.45, 7) is 6.37. The number of hydrogen-bond donors (Lipinski definition) is 0. The topological polar surface area (TPSA) is 30.9 Å². The number of hydrogen-bond acceptors (Lipinski definition) is 4. The molecule has 0 bridgehead atoms. The Labute approximate surface area is 169 Å². The van der Waals surface area contributed by atoms with E-state index in [1.807, 2.05) is 30.0 Å². The average Bonchev–Trinajstić information content (AvgIpc) is 2.68. The van der Waals surface area contributed by atoms with Crippen LogP contribution in [0.4, 0.5) is 4.39 Å². The van der Waals surface area contributed by atoms with E-state index in [2.05, 4.69) is 6.58 Å². The molecule has 1 aliphatic rings. The largest absolute Gasteiger partial charge is 0.497 e. The van der Waals surface area contributed by atoms with Gasteiger partial charge >= 0.3 is 0 Å². The fourth-order valence-electron chi connectivity index (χ4n) is 2.75. The van der Waals surface area contributed by atoms with Crippen LogP contribution in [0.15, 0.2) is 72.5 Å². The Kier molecular flexibility index (Phi) is 5.95. The van der Waals surface area contributed by atoms with Crippen LogP contribution in [-0.2, 0) is 11.3 Å². The highest BCUT2D eigenvalue weighted by atomic mass is 35.5. The maximum Gasteiger partial charge on any atom is 0.201 e. The zero-order valence-electron chi connectivity index (χ0n) is 16.0. The van der Waals surface area contributed by atoms with Gasteiger partial charge in [-0.05, 0) is 36.2 Å². The molecule has 0 unspecified atom stereocenters. The Morgan fingerprint density at radius 1 is 1.11 bits per heavy atom. The Hall–Kier alpha value is -2.92. The van der Waals surface area contributed by atoms with E-state index >= 15 is 0 Å². The standard InChI is InChI=1S/C22H21ClFNO3/c1-14-5-7-17(26-3)11-20(14)28-22-9-15(2)21(27-4)13-25(22)12-16-6-8-19(24)18(23)10-16/h5-11,13H,2,12H2,1,3-4H3. The summed E-state index contributed by atoms with van der Waals surface area (Å²) in [7, 11) is 3.18. The van der Waals surface area contributed by atoms with Crippen molar-refractivity contribution in [1.82, 2.24) is 4.90 Å². The number of rotatable bonds is 6. The third-order valence-corrected chi connectivity index (χ3v) is 4.63. The number of benzene rings is 2. The first-order valence-corrected chi connectivity index (χ1v) is 8.99. The molecule has 0 fully saturated rings. The Morgan fingerprint density at radius 3 is 2.57 bits per heavy atom. The normalized spacial score (nSPS) is 13.8. The second kappa shape index (κ2) is 8.40. The average molecular weight is 402 g/mol. The maximum absolute atomic E-state index is 13.5. The third kappa shape index (κ3) is 4.31. The number of ether oxygens (including phenoxy) is 3. The maximum atomic E-state index is 13.5. The van der Waals surface area contributed by atoms with Crippen molar-refractivity contribution in [1.29, 1.82) is 0 Å². The van der Waals surface area contributed by atoms with Gasteiger partial charge in [-0.1, -0.05) is 30.3 Å². The SMILES string of the molecule is C=C1C=C(Oc2cc(OC)ccc2C)N(Cc2ccc(F)c(Cl)c2)C=C1OC. The van der Waals surface area contributed by atoms with Crippen molar-refractivity contribution in [2.45, 2.75) is 13.5 Å². The first-order chi connectivity index (χ1) is 13.4.